The third kappa shape index (κ3) is 6.71. The lowest BCUT2D eigenvalue weighted by Gasteiger charge is -2.21. The smallest absolute Gasteiger partial charge is 0.0919 e. The van der Waals surface area contributed by atoms with Gasteiger partial charge in [-0.2, -0.15) is 0 Å². The number of H-pyrrole nitrogens is 1. The molecule has 0 atom stereocenters. The highest BCUT2D eigenvalue weighted by atomic mass is 14.8. The molecule has 2 nitrogen and oxygen atoms in total. The lowest BCUT2D eigenvalue weighted by atomic mass is 9.82. The maximum absolute atomic E-state index is 5.79. The Hall–Kier alpha value is -2.29. The molecule has 3 heteroatoms. The zero-order valence-corrected chi connectivity index (χ0v) is 17.7. The van der Waals surface area contributed by atoms with E-state index in [9.17, 15) is 0 Å². The zero-order chi connectivity index (χ0) is 20.4. The van der Waals surface area contributed by atoms with Gasteiger partial charge in [0.2, 0.25) is 0 Å². The third-order valence-electron chi connectivity index (χ3n) is 5.06. The van der Waals surface area contributed by atoms with Crippen LogP contribution in [0.3, 0.4) is 0 Å². The number of nitrogens with zero attached hydrogens (tertiary/aromatic N) is 1. The molecule has 0 spiro atoms. The Kier molecular flexibility index (Phi) is 9.07. The Balaban J connectivity index is 0.000000485. The zero-order valence-electron chi connectivity index (χ0n) is 17.7. The van der Waals surface area contributed by atoms with Gasteiger partial charge in [-0.05, 0) is 40.5 Å². The lowest BCUT2D eigenvalue weighted by molar-refractivity contribution is 0.693. The molecule has 0 aliphatic rings. The predicted octanol–water partition coefficient (Wildman–Crippen LogP) is 6.84. The summed E-state index contributed by atoms with van der Waals surface area (Å²) < 4.78 is 0. The minimum atomic E-state index is 0.441. The van der Waals surface area contributed by atoms with Crippen LogP contribution in [-0.4, -0.2) is 17.8 Å². The van der Waals surface area contributed by atoms with Gasteiger partial charge in [0.1, 0.15) is 0 Å². The molecule has 2 aromatic carbocycles. The van der Waals surface area contributed by atoms with E-state index in [0.29, 0.717) is 17.8 Å². The number of rotatable bonds is 7. The van der Waals surface area contributed by atoms with Crippen LogP contribution < -0.4 is 0 Å². The molecule has 1 aromatic heterocycles. The van der Waals surface area contributed by atoms with Crippen molar-refractivity contribution in [3.8, 4) is 0 Å². The Morgan fingerprint density at radius 2 is 1.39 bits per heavy atom. The van der Waals surface area contributed by atoms with Crippen molar-refractivity contribution >= 4 is 7.85 Å². The molecule has 1 heterocycles. The second-order valence-electron chi connectivity index (χ2n) is 7.89. The molecule has 0 aliphatic heterocycles. The second kappa shape index (κ2) is 11.5. The molecule has 0 fully saturated rings. The molecule has 3 rings (SSSR count). The van der Waals surface area contributed by atoms with E-state index in [1.165, 1.54) is 22.3 Å². The van der Waals surface area contributed by atoms with Crippen molar-refractivity contribution in [1.29, 1.82) is 0 Å². The van der Waals surface area contributed by atoms with Crippen molar-refractivity contribution in [3.63, 3.8) is 0 Å². The summed E-state index contributed by atoms with van der Waals surface area (Å²) in [5.74, 6) is 1.56. The van der Waals surface area contributed by atoms with Crippen LogP contribution in [0, 0.1) is 0 Å². The summed E-state index contributed by atoms with van der Waals surface area (Å²) in [6, 6.07) is 18.2. The van der Waals surface area contributed by atoms with Crippen molar-refractivity contribution in [1.82, 2.24) is 9.97 Å². The maximum atomic E-state index is 5.79. The van der Waals surface area contributed by atoms with Crippen LogP contribution in [0.1, 0.15) is 80.5 Å². The molecule has 0 amide bonds. The Labute approximate surface area is 172 Å². The molecule has 28 heavy (non-hydrogen) atoms. The van der Waals surface area contributed by atoms with Crippen LogP contribution in [0.2, 0.25) is 6.32 Å². The van der Waals surface area contributed by atoms with Crippen molar-refractivity contribution in [2.24, 2.45) is 0 Å². The fraction of sp³-hybridized carbons (Fsp3) is 0.400. The van der Waals surface area contributed by atoms with Crippen molar-refractivity contribution in [2.45, 2.75) is 64.6 Å². The predicted molar refractivity (Wildman–Crippen MR) is 121 cm³/mol. The van der Waals surface area contributed by atoms with Gasteiger partial charge in [0.05, 0.1) is 14.2 Å². The van der Waals surface area contributed by atoms with E-state index in [1.54, 1.807) is 18.7 Å². The molecule has 0 saturated heterocycles. The molecular formula is C25H33BN2. The van der Waals surface area contributed by atoms with E-state index < -0.39 is 0 Å². The second-order valence-corrected chi connectivity index (χ2v) is 7.89. The van der Waals surface area contributed by atoms with Crippen LogP contribution in [-0.2, 0) is 0 Å². The number of aromatic amines is 1. The first-order valence-electron chi connectivity index (χ1n) is 10.4. The van der Waals surface area contributed by atoms with Crippen molar-refractivity contribution in [3.05, 3.63) is 89.5 Å². The topological polar surface area (TPSA) is 28.7 Å². The summed E-state index contributed by atoms with van der Waals surface area (Å²) in [6.45, 7) is 9.03. The van der Waals surface area contributed by atoms with Crippen molar-refractivity contribution < 1.29 is 0 Å². The van der Waals surface area contributed by atoms with Gasteiger partial charge in [0.25, 0.3) is 0 Å². The van der Waals surface area contributed by atoms with Crippen LogP contribution >= 0.6 is 0 Å². The molecular weight excluding hydrogens is 339 g/mol. The quantitative estimate of drug-likeness (QED) is 0.452. The van der Waals surface area contributed by atoms with Crippen LogP contribution in [0.15, 0.2) is 67.3 Å². The van der Waals surface area contributed by atoms with Crippen LogP contribution in [0.5, 0.6) is 0 Å². The summed E-state index contributed by atoms with van der Waals surface area (Å²) in [6.07, 6.45) is 8.01. The first-order chi connectivity index (χ1) is 13.5. The van der Waals surface area contributed by atoms with E-state index in [2.05, 4.69) is 86.2 Å². The summed E-state index contributed by atoms with van der Waals surface area (Å²) in [5, 5.41) is 0. The van der Waals surface area contributed by atoms with Gasteiger partial charge >= 0.3 is 0 Å². The molecule has 1 N–H and O–H groups in total. The number of aromatic nitrogens is 2. The average Bonchev–Trinajstić information content (AvgIpc) is 3.29. The number of nitrogens with one attached hydrogen (secondary N) is 1. The van der Waals surface area contributed by atoms with Gasteiger partial charge in [-0.1, -0.05) is 89.0 Å². The van der Waals surface area contributed by atoms with Crippen LogP contribution in [0.4, 0.5) is 0 Å². The normalized spacial score (nSPS) is 11.0. The van der Waals surface area contributed by atoms with E-state index >= 15 is 0 Å². The minimum absolute atomic E-state index is 0.441. The number of imidazole rings is 1. The fourth-order valence-electron chi connectivity index (χ4n) is 3.33. The van der Waals surface area contributed by atoms with Crippen LogP contribution in [0.25, 0.3) is 0 Å². The third-order valence-corrected chi connectivity index (χ3v) is 5.06. The van der Waals surface area contributed by atoms with Gasteiger partial charge < -0.3 is 4.98 Å². The monoisotopic (exact) mass is 372 g/mol. The molecule has 146 valence electrons. The van der Waals surface area contributed by atoms with Gasteiger partial charge in [-0.25, -0.2) is 4.98 Å². The van der Waals surface area contributed by atoms with Gasteiger partial charge in [-0.15, -0.1) is 0 Å². The highest BCUT2D eigenvalue weighted by Gasteiger charge is 2.15. The Morgan fingerprint density at radius 1 is 0.857 bits per heavy atom. The Morgan fingerprint density at radius 3 is 1.75 bits per heavy atom. The van der Waals surface area contributed by atoms with E-state index in [0.717, 1.165) is 19.2 Å². The summed E-state index contributed by atoms with van der Waals surface area (Å²) in [7, 11) is 5.79. The number of hydrogen-bond donors (Lipinski definition) is 1. The van der Waals surface area contributed by atoms with E-state index in [4.69, 9.17) is 7.85 Å². The number of hydrogen-bond acceptors (Lipinski definition) is 1. The molecule has 0 bridgehead atoms. The number of benzene rings is 2. The molecule has 0 unspecified atom stereocenters. The van der Waals surface area contributed by atoms with E-state index in [1.807, 2.05) is 0 Å². The largest absolute Gasteiger partial charge is 0.351 e. The summed E-state index contributed by atoms with van der Waals surface area (Å²) in [5.41, 5.74) is 5.68. The molecule has 0 aliphatic carbocycles. The van der Waals surface area contributed by atoms with Crippen molar-refractivity contribution in [2.75, 3.05) is 0 Å². The SMILES string of the molecule is [B]CCCC(c1cccc(C(C)C)c1)c1cccc(C(C)C)c1.c1c[nH]cn1. The first-order valence-corrected chi connectivity index (χ1v) is 10.4. The summed E-state index contributed by atoms with van der Waals surface area (Å²) >= 11 is 0. The minimum Gasteiger partial charge on any atom is -0.351 e. The average molecular weight is 372 g/mol. The Bertz CT molecular complexity index is 725. The van der Waals surface area contributed by atoms with Gasteiger partial charge in [0.15, 0.2) is 0 Å². The highest BCUT2D eigenvalue weighted by Crippen LogP contribution is 2.33. The highest BCUT2D eigenvalue weighted by molar-refractivity contribution is 6.08. The van der Waals surface area contributed by atoms with E-state index in [-0.39, 0.29) is 0 Å². The van der Waals surface area contributed by atoms with Gasteiger partial charge in [-0.3, -0.25) is 0 Å². The standard InChI is InChI=1S/C22H29B.C3H4N2/c1-16(2)18-8-5-10-20(14-18)22(12-7-13-23)21-11-6-9-19(15-21)17(3)4;1-2-5-3-4-1/h5-6,8-11,14-17,22H,7,12-13H2,1-4H3;1-3H,(H,4,5). The first kappa shape index (κ1) is 22.0. The summed E-state index contributed by atoms with van der Waals surface area (Å²) in [4.78, 5) is 6.42. The maximum Gasteiger partial charge on any atom is 0.0919 e. The molecule has 3 aromatic rings. The fourth-order valence-corrected chi connectivity index (χ4v) is 3.33. The molecule has 2 radical (unpaired) electrons. The lowest BCUT2D eigenvalue weighted by Crippen LogP contribution is -2.04. The van der Waals surface area contributed by atoms with Gasteiger partial charge in [0, 0.05) is 18.3 Å². The molecule has 0 saturated carbocycles.